The van der Waals surface area contributed by atoms with Gasteiger partial charge in [-0.3, -0.25) is 4.79 Å². The summed E-state index contributed by atoms with van der Waals surface area (Å²) in [6.07, 6.45) is -2.60. The summed E-state index contributed by atoms with van der Waals surface area (Å²) in [5.74, 6) is -4.10. The smallest absolute Gasteiger partial charge is 0.399 e. The number of carbonyl (C=O) groups is 1. The number of hydrogen-bond acceptors (Lipinski definition) is 5. The van der Waals surface area contributed by atoms with Crippen LogP contribution in [-0.2, 0) is 4.79 Å². The van der Waals surface area contributed by atoms with Crippen LogP contribution in [-0.4, -0.2) is 41.4 Å². The molecule has 156 valence electrons. The van der Waals surface area contributed by atoms with Gasteiger partial charge in [-0.15, -0.1) is 13.2 Å². The second kappa shape index (κ2) is 8.18. The van der Waals surface area contributed by atoms with E-state index in [0.29, 0.717) is 31.7 Å². The van der Waals surface area contributed by atoms with Crippen molar-refractivity contribution in [3.63, 3.8) is 0 Å². The molecule has 0 saturated carbocycles. The Morgan fingerprint density at radius 2 is 1.76 bits per heavy atom. The zero-order valence-corrected chi connectivity index (χ0v) is 15.3. The molecule has 0 radical (unpaired) electrons. The largest absolute Gasteiger partial charge is 0.573 e. The highest BCUT2D eigenvalue weighted by molar-refractivity contribution is 5.73. The molecule has 1 amide bonds. The number of anilines is 1. The number of alkyl halides is 3. The van der Waals surface area contributed by atoms with Crippen molar-refractivity contribution < 1.29 is 31.5 Å². The number of rotatable bonds is 4. The molecule has 2 heterocycles. The van der Waals surface area contributed by atoms with Gasteiger partial charge >= 0.3 is 6.36 Å². The van der Waals surface area contributed by atoms with Crippen molar-refractivity contribution in [1.82, 2.24) is 15.3 Å². The van der Waals surface area contributed by atoms with Gasteiger partial charge < -0.3 is 15.0 Å². The fourth-order valence-electron chi connectivity index (χ4n) is 3.14. The van der Waals surface area contributed by atoms with Crippen LogP contribution in [0.5, 0.6) is 5.75 Å². The highest BCUT2D eigenvalue weighted by Gasteiger charge is 2.34. The third-order valence-electron chi connectivity index (χ3n) is 4.39. The van der Waals surface area contributed by atoms with Crippen molar-refractivity contribution in [1.29, 1.82) is 0 Å². The second-order valence-corrected chi connectivity index (χ2v) is 6.54. The lowest BCUT2D eigenvalue weighted by Gasteiger charge is -2.33. The zero-order chi connectivity index (χ0) is 21.2. The monoisotopic (exact) mass is 416 g/mol. The molecule has 1 fully saturated rings. The molecule has 0 aliphatic carbocycles. The Balaban J connectivity index is 1.79. The molecule has 1 aliphatic rings. The van der Waals surface area contributed by atoms with Gasteiger partial charge in [0.25, 0.3) is 0 Å². The van der Waals surface area contributed by atoms with Crippen LogP contribution in [0, 0.1) is 11.6 Å². The minimum atomic E-state index is -5.21. The van der Waals surface area contributed by atoms with E-state index in [-0.39, 0.29) is 23.2 Å². The summed E-state index contributed by atoms with van der Waals surface area (Å²) in [5.41, 5.74) is 0.0987. The van der Waals surface area contributed by atoms with Crippen molar-refractivity contribution >= 4 is 11.7 Å². The Labute approximate surface area is 162 Å². The number of halogens is 5. The average Bonchev–Trinajstić information content (AvgIpc) is 2.64. The van der Waals surface area contributed by atoms with Crippen LogP contribution in [0.4, 0.5) is 27.8 Å². The van der Waals surface area contributed by atoms with Gasteiger partial charge in [-0.1, -0.05) is 0 Å². The molecule has 1 aliphatic heterocycles. The van der Waals surface area contributed by atoms with Gasteiger partial charge in [-0.25, -0.2) is 18.7 Å². The standard InChI is InChI=1S/C18H17F5N4O2/c1-10(28)26-12-2-4-27(5-3-12)16-8-15(24-9-25-16)11-6-13(19)17(14(20)7-11)29-18(21,22)23/h6-9,12H,2-5H2,1H3,(H,26,28). The lowest BCUT2D eigenvalue weighted by Crippen LogP contribution is -2.44. The van der Waals surface area contributed by atoms with E-state index in [2.05, 4.69) is 20.0 Å². The molecule has 11 heteroatoms. The topological polar surface area (TPSA) is 67.4 Å². The molecular formula is C18H17F5N4O2. The van der Waals surface area contributed by atoms with Gasteiger partial charge in [0.15, 0.2) is 11.6 Å². The maximum atomic E-state index is 14.0. The minimum Gasteiger partial charge on any atom is -0.399 e. The Morgan fingerprint density at radius 1 is 1.14 bits per heavy atom. The normalized spacial score (nSPS) is 15.3. The van der Waals surface area contributed by atoms with Gasteiger partial charge in [0, 0.05) is 37.7 Å². The van der Waals surface area contributed by atoms with E-state index in [1.807, 2.05) is 4.90 Å². The number of nitrogens with zero attached hydrogens (tertiary/aromatic N) is 3. The first kappa shape index (κ1) is 20.7. The van der Waals surface area contributed by atoms with Crippen LogP contribution in [0.25, 0.3) is 11.3 Å². The van der Waals surface area contributed by atoms with Gasteiger partial charge in [0.1, 0.15) is 12.1 Å². The number of piperidine rings is 1. The molecule has 0 atom stereocenters. The Bertz CT molecular complexity index is 875. The van der Waals surface area contributed by atoms with Crippen molar-refractivity contribution in [2.75, 3.05) is 18.0 Å². The number of nitrogens with one attached hydrogen (secondary N) is 1. The number of hydrogen-bond donors (Lipinski definition) is 1. The molecule has 2 aromatic rings. The lowest BCUT2D eigenvalue weighted by molar-refractivity contribution is -0.276. The number of aromatic nitrogens is 2. The number of ether oxygens (including phenoxy) is 1. The minimum absolute atomic E-state index is 0.0497. The predicted octanol–water partition coefficient (Wildman–Crippen LogP) is 3.43. The van der Waals surface area contributed by atoms with Crippen molar-refractivity contribution in [2.24, 2.45) is 0 Å². The Kier molecular flexibility index (Phi) is 5.85. The highest BCUT2D eigenvalue weighted by Crippen LogP contribution is 2.32. The Hall–Kier alpha value is -2.98. The van der Waals surface area contributed by atoms with Gasteiger partial charge in [0.05, 0.1) is 5.69 Å². The molecular weight excluding hydrogens is 399 g/mol. The first-order valence-corrected chi connectivity index (χ1v) is 8.71. The summed E-state index contributed by atoms with van der Waals surface area (Å²) in [6, 6.07) is 3.00. The number of benzene rings is 1. The zero-order valence-electron chi connectivity index (χ0n) is 15.3. The van der Waals surface area contributed by atoms with Gasteiger partial charge in [-0.05, 0) is 25.0 Å². The lowest BCUT2D eigenvalue weighted by atomic mass is 10.0. The van der Waals surface area contributed by atoms with Gasteiger partial charge in [0.2, 0.25) is 11.7 Å². The summed E-state index contributed by atoms with van der Waals surface area (Å²) >= 11 is 0. The number of carbonyl (C=O) groups excluding carboxylic acids is 1. The van der Waals surface area contributed by atoms with Crippen molar-refractivity contribution in [3.8, 4) is 17.0 Å². The first-order chi connectivity index (χ1) is 13.6. The van der Waals surface area contributed by atoms with Crippen LogP contribution in [0.1, 0.15) is 19.8 Å². The van der Waals surface area contributed by atoms with Crippen LogP contribution in [0.2, 0.25) is 0 Å². The maximum Gasteiger partial charge on any atom is 0.573 e. The molecule has 0 spiro atoms. The van der Waals surface area contributed by atoms with Crippen molar-refractivity contribution in [3.05, 3.63) is 36.2 Å². The third-order valence-corrected chi connectivity index (χ3v) is 4.39. The summed E-state index contributed by atoms with van der Waals surface area (Å²) in [5, 5.41) is 2.85. The van der Waals surface area contributed by atoms with E-state index in [4.69, 9.17) is 0 Å². The fraction of sp³-hybridized carbons (Fsp3) is 0.389. The third kappa shape index (κ3) is 5.30. The maximum absolute atomic E-state index is 14.0. The van der Waals surface area contributed by atoms with Crippen LogP contribution >= 0.6 is 0 Å². The SMILES string of the molecule is CC(=O)NC1CCN(c2cc(-c3cc(F)c(OC(F)(F)F)c(F)c3)ncn2)CC1. The van der Waals surface area contributed by atoms with Crippen LogP contribution in [0.3, 0.4) is 0 Å². The second-order valence-electron chi connectivity index (χ2n) is 6.54. The van der Waals surface area contributed by atoms with E-state index in [0.717, 1.165) is 12.1 Å². The molecule has 1 aromatic heterocycles. The summed E-state index contributed by atoms with van der Waals surface area (Å²) in [7, 11) is 0. The Morgan fingerprint density at radius 3 is 2.31 bits per heavy atom. The quantitative estimate of drug-likeness (QED) is 0.774. The highest BCUT2D eigenvalue weighted by atomic mass is 19.4. The van der Waals surface area contributed by atoms with E-state index in [9.17, 15) is 26.7 Å². The first-order valence-electron chi connectivity index (χ1n) is 8.71. The van der Waals surface area contributed by atoms with E-state index < -0.39 is 23.7 Å². The summed E-state index contributed by atoms with van der Waals surface area (Å²) < 4.78 is 68.2. The fourth-order valence-corrected chi connectivity index (χ4v) is 3.14. The number of amides is 1. The molecule has 3 rings (SSSR count). The molecule has 1 N–H and O–H groups in total. The summed E-state index contributed by atoms with van der Waals surface area (Å²) in [4.78, 5) is 21.2. The van der Waals surface area contributed by atoms with Crippen molar-refractivity contribution in [2.45, 2.75) is 32.2 Å². The van der Waals surface area contributed by atoms with Gasteiger partial charge in [-0.2, -0.15) is 0 Å². The van der Waals surface area contributed by atoms with Crippen LogP contribution < -0.4 is 15.0 Å². The van der Waals surface area contributed by atoms with Crippen LogP contribution in [0.15, 0.2) is 24.5 Å². The molecule has 29 heavy (non-hydrogen) atoms. The molecule has 0 unspecified atom stereocenters. The average molecular weight is 416 g/mol. The predicted molar refractivity (Wildman–Crippen MR) is 93.1 cm³/mol. The molecule has 0 bridgehead atoms. The molecule has 1 saturated heterocycles. The van der Waals surface area contributed by atoms with E-state index >= 15 is 0 Å². The molecule has 6 nitrogen and oxygen atoms in total. The van der Waals surface area contributed by atoms with E-state index in [1.54, 1.807) is 0 Å². The van der Waals surface area contributed by atoms with E-state index in [1.165, 1.54) is 19.3 Å². The molecule has 1 aromatic carbocycles. The summed E-state index contributed by atoms with van der Waals surface area (Å²) in [6.45, 7) is 2.65.